The van der Waals surface area contributed by atoms with Gasteiger partial charge in [0, 0.05) is 22.6 Å². The molecule has 1 fully saturated rings. The topological polar surface area (TPSA) is 12.2 Å². The van der Waals surface area contributed by atoms with Crippen LogP contribution in [-0.4, -0.2) is 25.8 Å². The lowest BCUT2D eigenvalue weighted by atomic mass is 9.95. The van der Waals surface area contributed by atoms with E-state index in [1.54, 1.807) is 0 Å². The molecule has 0 bridgehead atoms. The Hall–Kier alpha value is -0.843. The van der Waals surface area contributed by atoms with Crippen molar-refractivity contribution in [2.45, 2.75) is 70.4 Å². The van der Waals surface area contributed by atoms with Crippen molar-refractivity contribution in [1.29, 1.82) is 0 Å². The third-order valence-corrected chi connectivity index (χ3v) is 11.4. The van der Waals surface area contributed by atoms with Crippen molar-refractivity contribution in [2.75, 3.05) is 6.54 Å². The maximum atomic E-state index is 7.09. The van der Waals surface area contributed by atoms with Crippen molar-refractivity contribution >= 4 is 31.5 Å². The van der Waals surface area contributed by atoms with Gasteiger partial charge in [0.1, 0.15) is 0 Å². The summed E-state index contributed by atoms with van der Waals surface area (Å²) in [6.45, 7) is 14.9. The molecule has 2 aromatic rings. The van der Waals surface area contributed by atoms with Crippen LogP contribution in [0.15, 0.2) is 48.5 Å². The van der Waals surface area contributed by atoms with Crippen LogP contribution in [0.3, 0.4) is 0 Å². The van der Waals surface area contributed by atoms with E-state index in [-0.39, 0.29) is 17.2 Å². The fourth-order valence-corrected chi connectivity index (χ4v) is 5.17. The standard InChI is InChI=1S/C24H33Cl2NOSi/c1-7-21-16-27(21)22(17-11-13-19(25)14-12-17)23(18-9-8-10-20(26)15-18)28-29(5,6)24(2,3)4/h8-15,21-23H,7,16H2,1-6H3/t21?,22-,23+,27?/m1/s1. The third-order valence-electron chi connectivity index (χ3n) is 6.49. The van der Waals surface area contributed by atoms with Gasteiger partial charge in [-0.05, 0) is 59.9 Å². The molecule has 29 heavy (non-hydrogen) atoms. The first kappa shape index (κ1) is 22.8. The molecule has 0 aliphatic carbocycles. The molecule has 3 rings (SSSR count). The zero-order valence-electron chi connectivity index (χ0n) is 18.4. The second-order valence-electron chi connectivity index (χ2n) is 9.61. The normalized spacial score (nSPS) is 21.7. The number of nitrogens with zero attached hydrogens (tertiary/aromatic N) is 1. The van der Waals surface area contributed by atoms with E-state index >= 15 is 0 Å². The second kappa shape index (κ2) is 8.72. The lowest BCUT2D eigenvalue weighted by molar-refractivity contribution is 0.104. The van der Waals surface area contributed by atoms with E-state index in [2.05, 4.69) is 70.0 Å². The summed E-state index contributed by atoms with van der Waals surface area (Å²) in [6.07, 6.45) is 1.07. The Kier molecular flexibility index (Phi) is 6.87. The molecule has 0 radical (unpaired) electrons. The summed E-state index contributed by atoms with van der Waals surface area (Å²) in [5.41, 5.74) is 2.39. The van der Waals surface area contributed by atoms with Crippen LogP contribution in [0.1, 0.15) is 57.4 Å². The highest BCUT2D eigenvalue weighted by molar-refractivity contribution is 6.74. The van der Waals surface area contributed by atoms with Gasteiger partial charge in [-0.3, -0.25) is 4.90 Å². The number of halogens is 2. The highest BCUT2D eigenvalue weighted by atomic mass is 35.5. The highest BCUT2D eigenvalue weighted by Crippen LogP contribution is 2.48. The molecule has 2 unspecified atom stereocenters. The van der Waals surface area contributed by atoms with Crippen LogP contribution >= 0.6 is 23.2 Å². The highest BCUT2D eigenvalue weighted by Gasteiger charge is 2.47. The Labute approximate surface area is 187 Å². The van der Waals surface area contributed by atoms with Gasteiger partial charge in [0.15, 0.2) is 8.32 Å². The van der Waals surface area contributed by atoms with E-state index in [0.717, 1.165) is 28.6 Å². The number of benzene rings is 2. The van der Waals surface area contributed by atoms with Gasteiger partial charge in [-0.15, -0.1) is 0 Å². The first-order chi connectivity index (χ1) is 13.5. The van der Waals surface area contributed by atoms with Gasteiger partial charge in [-0.2, -0.15) is 0 Å². The second-order valence-corrected chi connectivity index (χ2v) is 15.2. The summed E-state index contributed by atoms with van der Waals surface area (Å²) in [4.78, 5) is 2.56. The van der Waals surface area contributed by atoms with Gasteiger partial charge in [0.05, 0.1) is 12.1 Å². The van der Waals surface area contributed by atoms with Crippen LogP contribution in [0.4, 0.5) is 0 Å². The maximum Gasteiger partial charge on any atom is 0.193 e. The van der Waals surface area contributed by atoms with Crippen LogP contribution < -0.4 is 0 Å². The Balaban J connectivity index is 2.08. The molecule has 2 nitrogen and oxygen atoms in total. The van der Waals surface area contributed by atoms with E-state index < -0.39 is 8.32 Å². The molecule has 2 aromatic carbocycles. The van der Waals surface area contributed by atoms with Gasteiger partial charge in [-0.25, -0.2) is 0 Å². The molecule has 1 saturated heterocycles. The van der Waals surface area contributed by atoms with E-state index in [1.807, 2.05) is 24.3 Å². The molecule has 1 heterocycles. The summed E-state index contributed by atoms with van der Waals surface area (Å²) in [5.74, 6) is 0. The van der Waals surface area contributed by atoms with Gasteiger partial charge in [0.25, 0.3) is 0 Å². The fourth-order valence-electron chi connectivity index (χ4n) is 3.59. The molecular weight excluding hydrogens is 417 g/mol. The molecule has 0 saturated carbocycles. The average molecular weight is 451 g/mol. The first-order valence-corrected chi connectivity index (χ1v) is 14.1. The predicted octanol–water partition coefficient (Wildman–Crippen LogP) is 7.89. The van der Waals surface area contributed by atoms with Crippen LogP contribution in [0.5, 0.6) is 0 Å². The number of hydrogen-bond donors (Lipinski definition) is 0. The minimum atomic E-state index is -2.02. The van der Waals surface area contributed by atoms with Crippen molar-refractivity contribution in [3.63, 3.8) is 0 Å². The summed E-state index contributed by atoms with van der Waals surface area (Å²) >= 11 is 12.6. The van der Waals surface area contributed by atoms with Crippen LogP contribution in [0.25, 0.3) is 0 Å². The molecule has 5 heteroatoms. The van der Waals surface area contributed by atoms with Gasteiger partial charge in [0.2, 0.25) is 0 Å². The summed E-state index contributed by atoms with van der Waals surface area (Å²) < 4.78 is 7.09. The smallest absolute Gasteiger partial charge is 0.193 e. The molecule has 1 aliphatic heterocycles. The largest absolute Gasteiger partial charge is 0.408 e. The Morgan fingerprint density at radius 1 is 1.03 bits per heavy atom. The van der Waals surface area contributed by atoms with Crippen molar-refractivity contribution in [3.8, 4) is 0 Å². The average Bonchev–Trinajstić information content (AvgIpc) is 3.41. The summed E-state index contributed by atoms with van der Waals surface area (Å²) in [7, 11) is -2.02. The summed E-state index contributed by atoms with van der Waals surface area (Å²) in [6, 6.07) is 17.2. The van der Waals surface area contributed by atoms with Crippen LogP contribution in [0, 0.1) is 0 Å². The monoisotopic (exact) mass is 449 g/mol. The molecule has 0 aromatic heterocycles. The van der Waals surface area contributed by atoms with Crippen LogP contribution in [-0.2, 0) is 4.43 Å². The summed E-state index contributed by atoms with van der Waals surface area (Å²) in [5, 5.41) is 1.63. The predicted molar refractivity (Wildman–Crippen MR) is 127 cm³/mol. The minimum Gasteiger partial charge on any atom is -0.408 e. The van der Waals surface area contributed by atoms with E-state index in [4.69, 9.17) is 27.6 Å². The molecule has 4 atom stereocenters. The molecule has 0 amide bonds. The van der Waals surface area contributed by atoms with Crippen molar-refractivity contribution in [1.82, 2.24) is 4.90 Å². The Morgan fingerprint density at radius 2 is 1.69 bits per heavy atom. The van der Waals surface area contributed by atoms with E-state index in [9.17, 15) is 0 Å². The molecule has 0 N–H and O–H groups in total. The Morgan fingerprint density at radius 3 is 2.21 bits per heavy atom. The Bertz CT molecular complexity index is 832. The lowest BCUT2D eigenvalue weighted by Gasteiger charge is -2.42. The van der Waals surface area contributed by atoms with Gasteiger partial charge >= 0.3 is 0 Å². The van der Waals surface area contributed by atoms with E-state index in [0.29, 0.717) is 6.04 Å². The van der Waals surface area contributed by atoms with Gasteiger partial charge < -0.3 is 4.43 Å². The van der Waals surface area contributed by atoms with Gasteiger partial charge in [-0.1, -0.05) is 75.2 Å². The third kappa shape index (κ3) is 5.26. The molecular formula is C24H33Cl2NOSi. The maximum absolute atomic E-state index is 7.09. The van der Waals surface area contributed by atoms with Crippen molar-refractivity contribution in [3.05, 3.63) is 69.7 Å². The van der Waals surface area contributed by atoms with E-state index in [1.165, 1.54) is 5.56 Å². The fraction of sp³-hybridized carbons (Fsp3) is 0.500. The lowest BCUT2D eigenvalue weighted by Crippen LogP contribution is -2.43. The molecule has 158 valence electrons. The first-order valence-electron chi connectivity index (χ1n) is 10.5. The quantitative estimate of drug-likeness (QED) is 0.314. The van der Waals surface area contributed by atoms with Crippen LogP contribution in [0.2, 0.25) is 28.2 Å². The zero-order chi connectivity index (χ0) is 21.4. The SMILES string of the molecule is CCC1CN1[C@H](c1ccc(Cl)cc1)[C@@H](O[Si](C)(C)C(C)(C)C)c1cccc(Cl)c1. The number of hydrogen-bond acceptors (Lipinski definition) is 2. The molecule has 1 aliphatic rings. The number of rotatable bonds is 7. The van der Waals surface area contributed by atoms with Crippen molar-refractivity contribution < 1.29 is 4.43 Å². The zero-order valence-corrected chi connectivity index (χ0v) is 20.9. The molecule has 0 spiro atoms. The van der Waals surface area contributed by atoms with Crippen molar-refractivity contribution in [2.24, 2.45) is 0 Å². The minimum absolute atomic E-state index is 0.0766.